The number of aliphatic hydroxyl groups excluding tert-OH is 1. The molecule has 1 atom stereocenters. The Morgan fingerprint density at radius 1 is 1.24 bits per heavy atom. The number of hydrogen-bond donors (Lipinski definition) is 2. The van der Waals surface area contributed by atoms with Gasteiger partial charge in [-0.15, -0.1) is 0 Å². The summed E-state index contributed by atoms with van der Waals surface area (Å²) in [5.41, 5.74) is 0.733. The number of aliphatic hydroxyl groups is 1. The molecule has 6 heteroatoms. The van der Waals surface area contributed by atoms with Gasteiger partial charge in [-0.05, 0) is 30.7 Å². The summed E-state index contributed by atoms with van der Waals surface area (Å²) >= 11 is 0. The second-order valence-electron chi connectivity index (χ2n) is 4.38. The number of nitrogens with one attached hydrogen (secondary N) is 1. The molecular formula is C15H21NO5. The third-order valence-corrected chi connectivity index (χ3v) is 2.78. The Bertz CT molecular complexity index is 488. The highest BCUT2D eigenvalue weighted by atomic mass is 16.5. The first-order valence-electron chi connectivity index (χ1n) is 6.45. The predicted octanol–water partition coefficient (Wildman–Crippen LogP) is 1.22. The van der Waals surface area contributed by atoms with E-state index in [1.807, 2.05) is 0 Å². The molecule has 0 aromatic heterocycles. The molecule has 0 fully saturated rings. The van der Waals surface area contributed by atoms with Crippen LogP contribution in [0, 0.1) is 0 Å². The van der Waals surface area contributed by atoms with Crippen LogP contribution in [0.2, 0.25) is 0 Å². The SMILES string of the molecule is COc1cc(/C=C/C(=O)N[C@H](C)CO)cc(OC)c1OC. The van der Waals surface area contributed by atoms with Gasteiger partial charge in [0.25, 0.3) is 0 Å². The molecule has 0 unspecified atom stereocenters. The molecule has 1 aromatic rings. The Morgan fingerprint density at radius 2 is 1.81 bits per heavy atom. The minimum Gasteiger partial charge on any atom is -0.493 e. The van der Waals surface area contributed by atoms with Gasteiger partial charge in [0.2, 0.25) is 11.7 Å². The van der Waals surface area contributed by atoms with Crippen molar-refractivity contribution in [2.45, 2.75) is 13.0 Å². The van der Waals surface area contributed by atoms with E-state index in [9.17, 15) is 4.79 Å². The van der Waals surface area contributed by atoms with Gasteiger partial charge in [-0.25, -0.2) is 0 Å². The van der Waals surface area contributed by atoms with Crippen LogP contribution < -0.4 is 19.5 Å². The van der Waals surface area contributed by atoms with Gasteiger partial charge in [-0.1, -0.05) is 0 Å². The summed E-state index contributed by atoms with van der Waals surface area (Å²) in [6, 6.07) is 3.18. The van der Waals surface area contributed by atoms with Crippen molar-refractivity contribution >= 4 is 12.0 Å². The summed E-state index contributed by atoms with van der Waals surface area (Å²) in [6.07, 6.45) is 3.01. The average Bonchev–Trinajstić information content (AvgIpc) is 2.51. The van der Waals surface area contributed by atoms with Crippen LogP contribution in [0.5, 0.6) is 17.2 Å². The molecule has 2 N–H and O–H groups in total. The zero-order valence-corrected chi connectivity index (χ0v) is 12.7. The minimum atomic E-state index is -0.290. The van der Waals surface area contributed by atoms with Gasteiger partial charge >= 0.3 is 0 Å². The number of rotatable bonds is 7. The van der Waals surface area contributed by atoms with Gasteiger partial charge in [-0.3, -0.25) is 4.79 Å². The second kappa shape index (κ2) is 8.16. The van der Waals surface area contributed by atoms with Crippen LogP contribution in [0.15, 0.2) is 18.2 Å². The lowest BCUT2D eigenvalue weighted by atomic mass is 10.1. The highest BCUT2D eigenvalue weighted by Gasteiger charge is 2.12. The standard InChI is InChI=1S/C15H21NO5/c1-10(9-17)16-14(18)6-5-11-7-12(19-2)15(21-4)13(8-11)20-3/h5-8,10,17H,9H2,1-4H3,(H,16,18)/b6-5+/t10-/m1/s1. The average molecular weight is 295 g/mol. The fourth-order valence-corrected chi connectivity index (χ4v) is 1.71. The van der Waals surface area contributed by atoms with Gasteiger partial charge in [0.05, 0.1) is 27.9 Å². The van der Waals surface area contributed by atoms with E-state index < -0.39 is 0 Å². The highest BCUT2D eigenvalue weighted by Crippen LogP contribution is 2.38. The van der Waals surface area contributed by atoms with E-state index >= 15 is 0 Å². The van der Waals surface area contributed by atoms with E-state index in [4.69, 9.17) is 19.3 Å². The third kappa shape index (κ3) is 4.68. The molecule has 21 heavy (non-hydrogen) atoms. The van der Waals surface area contributed by atoms with Crippen LogP contribution in [0.3, 0.4) is 0 Å². The summed E-state index contributed by atoms with van der Waals surface area (Å²) in [7, 11) is 4.58. The van der Waals surface area contributed by atoms with Gasteiger partial charge in [0.15, 0.2) is 11.5 Å². The van der Waals surface area contributed by atoms with E-state index in [2.05, 4.69) is 5.32 Å². The molecule has 0 spiro atoms. The molecule has 0 aliphatic heterocycles. The number of carbonyl (C=O) groups is 1. The zero-order valence-electron chi connectivity index (χ0n) is 12.7. The number of ether oxygens (including phenoxy) is 3. The van der Waals surface area contributed by atoms with Crippen LogP contribution in [0.1, 0.15) is 12.5 Å². The lowest BCUT2D eigenvalue weighted by Crippen LogP contribution is -2.33. The largest absolute Gasteiger partial charge is 0.493 e. The van der Waals surface area contributed by atoms with Gasteiger partial charge < -0.3 is 24.6 Å². The normalized spacial score (nSPS) is 12.0. The predicted molar refractivity (Wildman–Crippen MR) is 79.8 cm³/mol. The highest BCUT2D eigenvalue weighted by molar-refractivity contribution is 5.92. The molecule has 6 nitrogen and oxygen atoms in total. The Balaban J connectivity index is 2.96. The van der Waals surface area contributed by atoms with Gasteiger partial charge in [0, 0.05) is 12.1 Å². The summed E-state index contributed by atoms with van der Waals surface area (Å²) in [5, 5.41) is 11.5. The molecule has 0 heterocycles. The molecule has 116 valence electrons. The first-order valence-corrected chi connectivity index (χ1v) is 6.45. The molecule has 0 aliphatic rings. The maximum Gasteiger partial charge on any atom is 0.244 e. The van der Waals surface area contributed by atoms with E-state index in [1.54, 1.807) is 25.1 Å². The van der Waals surface area contributed by atoms with Gasteiger partial charge in [0.1, 0.15) is 0 Å². The van der Waals surface area contributed by atoms with Crippen molar-refractivity contribution in [2.24, 2.45) is 0 Å². The molecule has 1 amide bonds. The Kier molecular flexibility index (Phi) is 6.55. The van der Waals surface area contributed by atoms with Crippen molar-refractivity contribution in [2.75, 3.05) is 27.9 Å². The maximum atomic E-state index is 11.6. The van der Waals surface area contributed by atoms with Crippen molar-refractivity contribution < 1.29 is 24.1 Å². The number of amides is 1. The number of hydrogen-bond acceptors (Lipinski definition) is 5. The van der Waals surface area contributed by atoms with E-state index in [-0.39, 0.29) is 18.6 Å². The quantitative estimate of drug-likeness (QED) is 0.740. The van der Waals surface area contributed by atoms with E-state index in [0.717, 1.165) is 5.56 Å². The van der Waals surface area contributed by atoms with E-state index in [0.29, 0.717) is 17.2 Å². The first kappa shape index (κ1) is 16.8. The maximum absolute atomic E-state index is 11.6. The monoisotopic (exact) mass is 295 g/mol. The van der Waals surface area contributed by atoms with Crippen molar-refractivity contribution in [1.82, 2.24) is 5.32 Å². The topological polar surface area (TPSA) is 77.0 Å². The van der Waals surface area contributed by atoms with E-state index in [1.165, 1.54) is 27.4 Å². The fourth-order valence-electron chi connectivity index (χ4n) is 1.71. The van der Waals surface area contributed by atoms with Crippen LogP contribution in [0.25, 0.3) is 6.08 Å². The zero-order chi connectivity index (χ0) is 15.8. The Hall–Kier alpha value is -2.21. The van der Waals surface area contributed by atoms with Crippen LogP contribution in [-0.2, 0) is 4.79 Å². The number of carbonyl (C=O) groups excluding carboxylic acids is 1. The molecule has 1 rings (SSSR count). The Morgan fingerprint density at radius 3 is 2.24 bits per heavy atom. The molecule has 0 bridgehead atoms. The number of methoxy groups -OCH3 is 3. The summed E-state index contributed by atoms with van der Waals surface area (Å²) in [5.74, 6) is 1.24. The van der Waals surface area contributed by atoms with Crippen molar-refractivity contribution in [3.8, 4) is 17.2 Å². The fraction of sp³-hybridized carbons (Fsp3) is 0.400. The molecule has 0 saturated carbocycles. The molecule has 0 aliphatic carbocycles. The van der Waals surface area contributed by atoms with Crippen LogP contribution in [-0.4, -0.2) is 45.0 Å². The van der Waals surface area contributed by atoms with Crippen molar-refractivity contribution in [3.63, 3.8) is 0 Å². The summed E-state index contributed by atoms with van der Waals surface area (Å²) < 4.78 is 15.7. The molecule has 1 aromatic carbocycles. The molecular weight excluding hydrogens is 274 g/mol. The first-order chi connectivity index (χ1) is 10.0. The lowest BCUT2D eigenvalue weighted by Gasteiger charge is -2.13. The van der Waals surface area contributed by atoms with Crippen molar-refractivity contribution in [3.05, 3.63) is 23.8 Å². The van der Waals surface area contributed by atoms with Crippen LogP contribution in [0.4, 0.5) is 0 Å². The second-order valence-corrected chi connectivity index (χ2v) is 4.38. The lowest BCUT2D eigenvalue weighted by molar-refractivity contribution is -0.117. The smallest absolute Gasteiger partial charge is 0.244 e. The number of benzene rings is 1. The van der Waals surface area contributed by atoms with Crippen molar-refractivity contribution in [1.29, 1.82) is 0 Å². The molecule has 0 saturated heterocycles. The summed E-state index contributed by atoms with van der Waals surface area (Å²) in [6.45, 7) is 1.61. The molecule has 0 radical (unpaired) electrons. The third-order valence-electron chi connectivity index (χ3n) is 2.78. The minimum absolute atomic E-state index is 0.107. The van der Waals surface area contributed by atoms with Gasteiger partial charge in [-0.2, -0.15) is 0 Å². The Labute approximate surface area is 124 Å². The van der Waals surface area contributed by atoms with Crippen LogP contribution >= 0.6 is 0 Å². The summed E-state index contributed by atoms with van der Waals surface area (Å²) in [4.78, 5) is 11.6.